The molecule has 0 unspecified atom stereocenters. The van der Waals surface area contributed by atoms with Gasteiger partial charge in [0.1, 0.15) is 5.58 Å². The molecule has 0 saturated heterocycles. The lowest BCUT2D eigenvalue weighted by Gasteiger charge is -1.98. The quantitative estimate of drug-likeness (QED) is 0.840. The molecule has 0 aliphatic carbocycles. The van der Waals surface area contributed by atoms with E-state index in [9.17, 15) is 4.79 Å². The van der Waals surface area contributed by atoms with Gasteiger partial charge >= 0.3 is 5.63 Å². The van der Waals surface area contributed by atoms with E-state index in [4.69, 9.17) is 10.2 Å². The van der Waals surface area contributed by atoms with Gasteiger partial charge in [0, 0.05) is 11.5 Å². The summed E-state index contributed by atoms with van der Waals surface area (Å²) in [6.07, 6.45) is 1.20. The summed E-state index contributed by atoms with van der Waals surface area (Å²) in [5.74, 6) is 0.713. The van der Waals surface area contributed by atoms with E-state index in [-0.39, 0.29) is 5.63 Å². The van der Waals surface area contributed by atoms with Gasteiger partial charge in [-0.3, -0.25) is 0 Å². The minimum atomic E-state index is -0.298. The van der Waals surface area contributed by atoms with E-state index in [0.29, 0.717) is 11.5 Å². The standard InChI is InChI=1S/C10H8O2.C5H13N.C2H6/c1-7-2-3-8-4-5-10(11)12-9(8)6-7;1-3-5(2)4-6;1-2/h2-6H,1H3;5H,3-4,6H2,1-2H3;1-2H3/t;5-;/m.1./s1. The summed E-state index contributed by atoms with van der Waals surface area (Å²) in [7, 11) is 0. The minimum absolute atomic E-state index is 0.298. The molecule has 0 amide bonds. The van der Waals surface area contributed by atoms with Crippen LogP contribution in [0.1, 0.15) is 39.7 Å². The summed E-state index contributed by atoms with van der Waals surface area (Å²) in [4.78, 5) is 10.8. The van der Waals surface area contributed by atoms with Crippen LogP contribution >= 0.6 is 0 Å². The van der Waals surface area contributed by atoms with Crippen molar-refractivity contribution in [1.29, 1.82) is 0 Å². The number of nitrogens with two attached hydrogens (primary N) is 1. The third-order valence-corrected chi connectivity index (χ3v) is 2.88. The van der Waals surface area contributed by atoms with E-state index in [1.54, 1.807) is 6.07 Å². The fraction of sp³-hybridized carbons (Fsp3) is 0.471. The molecule has 112 valence electrons. The van der Waals surface area contributed by atoms with Crippen LogP contribution in [0.5, 0.6) is 0 Å². The summed E-state index contributed by atoms with van der Waals surface area (Å²) in [5, 5.41) is 0.959. The lowest BCUT2D eigenvalue weighted by molar-refractivity contribution is 0.561. The number of aryl methyl sites for hydroxylation is 1. The first kappa shape index (κ1) is 18.4. The maximum Gasteiger partial charge on any atom is 0.336 e. The molecule has 0 bridgehead atoms. The Morgan fingerprint density at radius 1 is 1.20 bits per heavy atom. The second-order valence-corrected chi connectivity index (χ2v) is 4.54. The van der Waals surface area contributed by atoms with Crippen LogP contribution in [0.15, 0.2) is 39.5 Å². The summed E-state index contributed by atoms with van der Waals surface area (Å²) < 4.78 is 4.99. The van der Waals surface area contributed by atoms with Gasteiger partial charge in [-0.1, -0.05) is 46.2 Å². The Balaban J connectivity index is 0.000000387. The van der Waals surface area contributed by atoms with E-state index in [2.05, 4.69) is 13.8 Å². The van der Waals surface area contributed by atoms with Crippen LogP contribution in [-0.2, 0) is 0 Å². The van der Waals surface area contributed by atoms with E-state index < -0.39 is 0 Å². The highest BCUT2D eigenvalue weighted by Crippen LogP contribution is 2.12. The Bertz CT molecular complexity index is 542. The molecule has 0 saturated carbocycles. The molecule has 3 heteroatoms. The van der Waals surface area contributed by atoms with Crippen molar-refractivity contribution in [3.8, 4) is 0 Å². The Kier molecular flexibility index (Phi) is 9.39. The van der Waals surface area contributed by atoms with Crippen LogP contribution < -0.4 is 11.4 Å². The lowest BCUT2D eigenvalue weighted by atomic mass is 10.1. The Morgan fingerprint density at radius 3 is 2.30 bits per heavy atom. The average molecular weight is 277 g/mol. The maximum atomic E-state index is 10.8. The van der Waals surface area contributed by atoms with Crippen molar-refractivity contribution in [2.24, 2.45) is 11.7 Å². The molecular formula is C17H27NO2. The first-order valence-electron chi connectivity index (χ1n) is 7.27. The molecular weight excluding hydrogens is 250 g/mol. The zero-order valence-corrected chi connectivity index (χ0v) is 13.3. The smallest absolute Gasteiger partial charge is 0.336 e. The second kappa shape index (κ2) is 10.2. The van der Waals surface area contributed by atoms with Gasteiger partial charge in [-0.05, 0) is 37.1 Å². The minimum Gasteiger partial charge on any atom is -0.423 e. The first-order valence-corrected chi connectivity index (χ1v) is 7.27. The molecule has 3 nitrogen and oxygen atoms in total. The van der Waals surface area contributed by atoms with E-state index in [0.717, 1.165) is 17.5 Å². The normalized spacial score (nSPS) is 10.9. The highest BCUT2D eigenvalue weighted by Gasteiger charge is 1.95. The van der Waals surface area contributed by atoms with Crippen molar-refractivity contribution < 1.29 is 4.42 Å². The molecule has 0 aliphatic heterocycles. The predicted molar refractivity (Wildman–Crippen MR) is 87.1 cm³/mol. The molecule has 0 spiro atoms. The van der Waals surface area contributed by atoms with Gasteiger partial charge in [0.25, 0.3) is 0 Å². The van der Waals surface area contributed by atoms with Gasteiger partial charge < -0.3 is 10.2 Å². The summed E-state index contributed by atoms with van der Waals surface area (Å²) >= 11 is 0. The SMILES string of the molecule is CC.CC[C@@H](C)CN.Cc1ccc2ccc(=O)oc2c1. The molecule has 1 heterocycles. The molecule has 0 radical (unpaired) electrons. The molecule has 2 rings (SSSR count). The first-order chi connectivity index (χ1) is 9.56. The largest absolute Gasteiger partial charge is 0.423 e. The van der Waals surface area contributed by atoms with Crippen LogP contribution in [0, 0.1) is 12.8 Å². The third-order valence-electron chi connectivity index (χ3n) is 2.88. The molecule has 2 aromatic rings. The third kappa shape index (κ3) is 6.53. The van der Waals surface area contributed by atoms with Gasteiger partial charge in [-0.25, -0.2) is 4.79 Å². The van der Waals surface area contributed by atoms with Crippen molar-refractivity contribution in [3.63, 3.8) is 0 Å². The van der Waals surface area contributed by atoms with Crippen molar-refractivity contribution in [3.05, 3.63) is 46.3 Å². The van der Waals surface area contributed by atoms with Crippen LogP contribution in [0.2, 0.25) is 0 Å². The van der Waals surface area contributed by atoms with Crippen molar-refractivity contribution in [1.82, 2.24) is 0 Å². The molecule has 0 fully saturated rings. The zero-order chi connectivity index (χ0) is 15.5. The van der Waals surface area contributed by atoms with Gasteiger partial charge in [0.05, 0.1) is 0 Å². The second-order valence-electron chi connectivity index (χ2n) is 4.54. The number of rotatable bonds is 2. The van der Waals surface area contributed by atoms with Crippen LogP contribution in [0.3, 0.4) is 0 Å². The van der Waals surface area contributed by atoms with E-state index >= 15 is 0 Å². The zero-order valence-electron chi connectivity index (χ0n) is 13.3. The van der Waals surface area contributed by atoms with Crippen LogP contribution in [0.4, 0.5) is 0 Å². The summed E-state index contributed by atoms with van der Waals surface area (Å²) in [5.41, 5.74) is 6.73. The molecule has 1 atom stereocenters. The highest BCUT2D eigenvalue weighted by atomic mass is 16.4. The van der Waals surface area contributed by atoms with Gasteiger partial charge in [0.15, 0.2) is 0 Å². The molecule has 1 aromatic carbocycles. The average Bonchev–Trinajstić information content (AvgIpc) is 2.48. The van der Waals surface area contributed by atoms with Crippen molar-refractivity contribution in [2.75, 3.05) is 6.54 Å². The fourth-order valence-electron chi connectivity index (χ4n) is 1.33. The topological polar surface area (TPSA) is 56.2 Å². The van der Waals surface area contributed by atoms with Gasteiger partial charge in [-0.2, -0.15) is 0 Å². The number of hydrogen-bond acceptors (Lipinski definition) is 3. The van der Waals surface area contributed by atoms with E-state index in [1.807, 2.05) is 39.0 Å². The molecule has 0 aliphatic rings. The Morgan fingerprint density at radius 2 is 1.80 bits per heavy atom. The Labute approximate surface area is 121 Å². The number of hydrogen-bond donors (Lipinski definition) is 1. The van der Waals surface area contributed by atoms with E-state index in [1.165, 1.54) is 12.5 Å². The van der Waals surface area contributed by atoms with Gasteiger partial charge in [-0.15, -0.1) is 0 Å². The summed E-state index contributed by atoms with van der Waals surface area (Å²) in [6, 6.07) is 8.98. The molecule has 1 aromatic heterocycles. The lowest BCUT2D eigenvalue weighted by Crippen LogP contribution is -2.08. The summed E-state index contributed by atoms with van der Waals surface area (Å²) in [6.45, 7) is 11.1. The van der Waals surface area contributed by atoms with Crippen molar-refractivity contribution in [2.45, 2.75) is 41.0 Å². The molecule has 2 N–H and O–H groups in total. The fourth-order valence-corrected chi connectivity index (χ4v) is 1.33. The predicted octanol–water partition coefficient (Wildman–Crippen LogP) is 4.12. The van der Waals surface area contributed by atoms with Crippen LogP contribution in [-0.4, -0.2) is 6.54 Å². The molecule has 20 heavy (non-hydrogen) atoms. The Hall–Kier alpha value is -1.61. The van der Waals surface area contributed by atoms with Gasteiger partial charge in [0.2, 0.25) is 0 Å². The van der Waals surface area contributed by atoms with Crippen LogP contribution in [0.25, 0.3) is 11.0 Å². The maximum absolute atomic E-state index is 10.8. The number of benzene rings is 1. The monoisotopic (exact) mass is 277 g/mol. The highest BCUT2D eigenvalue weighted by molar-refractivity contribution is 5.76. The van der Waals surface area contributed by atoms with Crippen molar-refractivity contribution >= 4 is 11.0 Å². The number of fused-ring (bicyclic) bond motifs is 1.